The highest BCUT2D eigenvalue weighted by atomic mass is 16.5. The highest BCUT2D eigenvalue weighted by Gasteiger charge is 2.11. The SMILES string of the molecule is COc1ccc(/C=C/C(=O)c2ccc(N3CCCCC3)cc2)cc1COc1ccc(C#N)cc1. The third-order valence-corrected chi connectivity index (χ3v) is 5.98. The van der Waals surface area contributed by atoms with Crippen molar-refractivity contribution in [2.45, 2.75) is 25.9 Å². The number of ether oxygens (including phenoxy) is 2. The highest BCUT2D eigenvalue weighted by Crippen LogP contribution is 2.24. The number of methoxy groups -OCH3 is 1. The molecule has 0 amide bonds. The number of piperidine rings is 1. The van der Waals surface area contributed by atoms with Gasteiger partial charge in [-0.3, -0.25) is 4.79 Å². The fourth-order valence-electron chi connectivity index (χ4n) is 4.06. The molecule has 0 N–H and O–H groups in total. The van der Waals surface area contributed by atoms with E-state index in [0.29, 0.717) is 29.2 Å². The van der Waals surface area contributed by atoms with Crippen molar-refractivity contribution in [3.05, 3.63) is 95.1 Å². The Morgan fingerprint density at radius 1 is 1.00 bits per heavy atom. The predicted octanol–water partition coefficient (Wildman–Crippen LogP) is 6.03. The van der Waals surface area contributed by atoms with Crippen molar-refractivity contribution in [1.29, 1.82) is 5.26 Å². The van der Waals surface area contributed by atoms with E-state index in [2.05, 4.69) is 11.0 Å². The van der Waals surface area contributed by atoms with E-state index >= 15 is 0 Å². The summed E-state index contributed by atoms with van der Waals surface area (Å²) in [5.41, 5.74) is 4.20. The first-order chi connectivity index (χ1) is 16.7. The van der Waals surface area contributed by atoms with Crippen molar-refractivity contribution in [3.63, 3.8) is 0 Å². The predicted molar refractivity (Wildman–Crippen MR) is 134 cm³/mol. The number of nitriles is 1. The minimum Gasteiger partial charge on any atom is -0.496 e. The molecule has 0 radical (unpaired) electrons. The van der Waals surface area contributed by atoms with Crippen molar-refractivity contribution in [3.8, 4) is 17.6 Å². The number of ketones is 1. The van der Waals surface area contributed by atoms with Gasteiger partial charge in [-0.15, -0.1) is 0 Å². The normalized spacial score (nSPS) is 13.5. The maximum atomic E-state index is 12.7. The van der Waals surface area contributed by atoms with Gasteiger partial charge in [-0.05, 0) is 91.6 Å². The van der Waals surface area contributed by atoms with E-state index in [1.54, 1.807) is 37.5 Å². The van der Waals surface area contributed by atoms with Gasteiger partial charge < -0.3 is 14.4 Å². The molecule has 4 rings (SSSR count). The van der Waals surface area contributed by atoms with E-state index in [1.807, 2.05) is 48.5 Å². The second-order valence-electron chi connectivity index (χ2n) is 8.29. The zero-order valence-corrected chi connectivity index (χ0v) is 19.4. The summed E-state index contributed by atoms with van der Waals surface area (Å²) in [5.74, 6) is 1.35. The van der Waals surface area contributed by atoms with Crippen molar-refractivity contribution in [1.82, 2.24) is 0 Å². The van der Waals surface area contributed by atoms with Crippen LogP contribution in [0.4, 0.5) is 5.69 Å². The summed E-state index contributed by atoms with van der Waals surface area (Å²) in [6.45, 7) is 2.48. The number of benzene rings is 3. The van der Waals surface area contributed by atoms with E-state index in [1.165, 1.54) is 24.9 Å². The molecule has 3 aromatic carbocycles. The monoisotopic (exact) mass is 452 g/mol. The lowest BCUT2D eigenvalue weighted by Crippen LogP contribution is -2.29. The minimum atomic E-state index is -0.0311. The Hall–Kier alpha value is -4.04. The molecule has 1 aliphatic rings. The van der Waals surface area contributed by atoms with Gasteiger partial charge in [0.15, 0.2) is 5.78 Å². The van der Waals surface area contributed by atoms with Gasteiger partial charge in [0, 0.05) is 29.9 Å². The summed E-state index contributed by atoms with van der Waals surface area (Å²) in [5, 5.41) is 8.92. The van der Waals surface area contributed by atoms with E-state index in [9.17, 15) is 4.79 Å². The first-order valence-electron chi connectivity index (χ1n) is 11.5. The molecule has 0 atom stereocenters. The van der Waals surface area contributed by atoms with Gasteiger partial charge in [-0.2, -0.15) is 5.26 Å². The number of allylic oxidation sites excluding steroid dienone is 1. The summed E-state index contributed by atoms with van der Waals surface area (Å²) >= 11 is 0. The van der Waals surface area contributed by atoms with E-state index in [0.717, 1.165) is 24.2 Å². The quantitative estimate of drug-likeness (QED) is 0.308. The van der Waals surface area contributed by atoms with Crippen LogP contribution in [-0.4, -0.2) is 26.0 Å². The van der Waals surface area contributed by atoms with E-state index in [-0.39, 0.29) is 5.78 Å². The zero-order valence-electron chi connectivity index (χ0n) is 19.4. The average molecular weight is 453 g/mol. The average Bonchev–Trinajstić information content (AvgIpc) is 2.91. The number of hydrogen-bond acceptors (Lipinski definition) is 5. The lowest BCUT2D eigenvalue weighted by molar-refractivity contribution is 0.104. The van der Waals surface area contributed by atoms with Gasteiger partial charge in [-0.25, -0.2) is 0 Å². The summed E-state index contributed by atoms with van der Waals surface area (Å²) in [6.07, 6.45) is 7.17. The van der Waals surface area contributed by atoms with Gasteiger partial charge in [0.25, 0.3) is 0 Å². The first-order valence-corrected chi connectivity index (χ1v) is 11.5. The molecule has 0 spiro atoms. The van der Waals surface area contributed by atoms with Gasteiger partial charge in [0.05, 0.1) is 18.7 Å². The Kier molecular flexibility index (Phi) is 7.62. The van der Waals surface area contributed by atoms with Crippen LogP contribution in [0.2, 0.25) is 0 Å². The fraction of sp³-hybridized carbons (Fsp3) is 0.241. The summed E-state index contributed by atoms with van der Waals surface area (Å²) in [6, 6.07) is 22.7. The Bertz CT molecular complexity index is 1190. The van der Waals surface area contributed by atoms with Crippen LogP contribution in [0.25, 0.3) is 6.08 Å². The number of nitrogens with zero attached hydrogens (tertiary/aromatic N) is 2. The smallest absolute Gasteiger partial charge is 0.185 e. The van der Waals surface area contributed by atoms with Crippen LogP contribution < -0.4 is 14.4 Å². The molecule has 5 nitrogen and oxygen atoms in total. The Morgan fingerprint density at radius 2 is 1.74 bits per heavy atom. The molecule has 1 heterocycles. The number of rotatable bonds is 8. The standard InChI is InChI=1S/C29H28N2O3/c1-33-29-16-8-22(19-25(29)21-34-27-13-5-23(20-30)6-14-27)7-15-28(32)24-9-11-26(12-10-24)31-17-3-2-4-18-31/h5-16,19H,2-4,17-18,21H2,1H3/b15-7+. The fourth-order valence-corrected chi connectivity index (χ4v) is 4.06. The molecule has 0 aliphatic carbocycles. The van der Waals surface area contributed by atoms with Crippen LogP contribution in [0.3, 0.4) is 0 Å². The minimum absolute atomic E-state index is 0.0311. The molecule has 1 fully saturated rings. The summed E-state index contributed by atoms with van der Waals surface area (Å²) < 4.78 is 11.3. The molecular formula is C29H28N2O3. The molecule has 0 saturated carbocycles. The number of carbonyl (C=O) groups excluding carboxylic acids is 1. The molecule has 3 aromatic rings. The molecule has 0 unspecified atom stereocenters. The second kappa shape index (κ2) is 11.2. The van der Waals surface area contributed by atoms with E-state index < -0.39 is 0 Å². The Labute approximate surface area is 200 Å². The van der Waals surface area contributed by atoms with Crippen LogP contribution in [0, 0.1) is 11.3 Å². The van der Waals surface area contributed by atoms with Crippen molar-refractivity contribution < 1.29 is 14.3 Å². The van der Waals surface area contributed by atoms with Crippen LogP contribution >= 0.6 is 0 Å². The van der Waals surface area contributed by atoms with Gasteiger partial charge in [-0.1, -0.05) is 12.1 Å². The molecule has 172 valence electrons. The summed E-state index contributed by atoms with van der Waals surface area (Å²) in [4.78, 5) is 15.1. The second-order valence-corrected chi connectivity index (χ2v) is 8.29. The highest BCUT2D eigenvalue weighted by molar-refractivity contribution is 6.07. The third-order valence-electron chi connectivity index (χ3n) is 5.98. The Morgan fingerprint density at radius 3 is 2.41 bits per heavy atom. The maximum Gasteiger partial charge on any atom is 0.185 e. The number of carbonyl (C=O) groups is 1. The zero-order chi connectivity index (χ0) is 23.8. The Balaban J connectivity index is 1.41. The van der Waals surface area contributed by atoms with Crippen LogP contribution in [0.15, 0.2) is 72.8 Å². The molecule has 0 bridgehead atoms. The van der Waals surface area contributed by atoms with Gasteiger partial charge in [0.2, 0.25) is 0 Å². The molecule has 34 heavy (non-hydrogen) atoms. The van der Waals surface area contributed by atoms with Gasteiger partial charge in [0.1, 0.15) is 18.1 Å². The van der Waals surface area contributed by atoms with Gasteiger partial charge >= 0.3 is 0 Å². The lowest BCUT2D eigenvalue weighted by Gasteiger charge is -2.28. The van der Waals surface area contributed by atoms with Crippen LogP contribution in [-0.2, 0) is 6.61 Å². The third kappa shape index (κ3) is 5.85. The summed E-state index contributed by atoms with van der Waals surface area (Å²) in [7, 11) is 1.62. The largest absolute Gasteiger partial charge is 0.496 e. The molecule has 5 heteroatoms. The molecule has 1 saturated heterocycles. The number of hydrogen-bond donors (Lipinski definition) is 0. The topological polar surface area (TPSA) is 62.6 Å². The maximum absolute atomic E-state index is 12.7. The van der Waals surface area contributed by atoms with Crippen molar-refractivity contribution in [2.24, 2.45) is 0 Å². The van der Waals surface area contributed by atoms with Crippen LogP contribution in [0.5, 0.6) is 11.5 Å². The molecule has 1 aliphatic heterocycles. The lowest BCUT2D eigenvalue weighted by atomic mass is 10.1. The molecule has 0 aromatic heterocycles. The molecular weight excluding hydrogens is 424 g/mol. The van der Waals surface area contributed by atoms with Crippen molar-refractivity contribution >= 4 is 17.5 Å². The first kappa shape index (κ1) is 23.1. The van der Waals surface area contributed by atoms with E-state index in [4.69, 9.17) is 14.7 Å². The number of anilines is 1. The van der Waals surface area contributed by atoms with Crippen LogP contribution in [0.1, 0.15) is 46.3 Å². The van der Waals surface area contributed by atoms with Crippen molar-refractivity contribution in [2.75, 3.05) is 25.1 Å².